The molecule has 0 radical (unpaired) electrons. The molecule has 0 aliphatic carbocycles. The van der Waals surface area contributed by atoms with E-state index in [2.05, 4.69) is 10.6 Å². The standard InChI is InChI=1S/C23H36N2O9S/c1-22(2,3)32-19(26)18(25-21(28)33-23(4,5)6)13-17(34-35(7,29)30)14-24-20(27)31-15-16-11-9-8-10-12-16/h8-12,17-18H,13-15H2,1-7H3,(H,24,27)(H,25,28). The normalized spacial score (nSPS) is 13.8. The number of hydrogen-bond acceptors (Lipinski definition) is 9. The topological polar surface area (TPSA) is 146 Å². The summed E-state index contributed by atoms with van der Waals surface area (Å²) in [5, 5.41) is 4.81. The number of ether oxygens (including phenoxy) is 3. The number of benzene rings is 1. The Balaban J connectivity index is 2.92. The van der Waals surface area contributed by atoms with Crippen molar-refractivity contribution in [2.45, 2.75) is 77.9 Å². The van der Waals surface area contributed by atoms with Gasteiger partial charge in [0, 0.05) is 13.0 Å². The quantitative estimate of drug-likeness (QED) is 0.272. The minimum Gasteiger partial charge on any atom is -0.458 e. The Morgan fingerprint density at radius 2 is 1.49 bits per heavy atom. The van der Waals surface area contributed by atoms with E-state index in [-0.39, 0.29) is 19.6 Å². The fourth-order valence-electron chi connectivity index (χ4n) is 2.67. The molecule has 0 saturated heterocycles. The first-order chi connectivity index (χ1) is 15.9. The van der Waals surface area contributed by atoms with Gasteiger partial charge in [-0.15, -0.1) is 0 Å². The van der Waals surface area contributed by atoms with Crippen LogP contribution in [0.15, 0.2) is 30.3 Å². The second-order valence-electron chi connectivity index (χ2n) is 9.83. The summed E-state index contributed by atoms with van der Waals surface area (Å²) in [6.07, 6.45) is -2.44. The molecule has 1 rings (SSSR count). The Morgan fingerprint density at radius 3 is 2.00 bits per heavy atom. The molecule has 1 aromatic rings. The van der Waals surface area contributed by atoms with Gasteiger partial charge in [-0.05, 0) is 47.1 Å². The fraction of sp³-hybridized carbons (Fsp3) is 0.609. The zero-order valence-corrected chi connectivity index (χ0v) is 22.1. The Hall–Kier alpha value is -2.86. The molecule has 11 nitrogen and oxygen atoms in total. The molecule has 198 valence electrons. The number of rotatable bonds is 10. The Morgan fingerprint density at radius 1 is 0.914 bits per heavy atom. The summed E-state index contributed by atoms with van der Waals surface area (Å²) >= 11 is 0. The van der Waals surface area contributed by atoms with E-state index in [4.69, 9.17) is 18.4 Å². The van der Waals surface area contributed by atoms with Crippen molar-refractivity contribution in [3.8, 4) is 0 Å². The zero-order chi connectivity index (χ0) is 26.9. The van der Waals surface area contributed by atoms with Crippen LogP contribution in [0, 0.1) is 0 Å². The summed E-state index contributed by atoms with van der Waals surface area (Å²) in [5.41, 5.74) is -0.953. The van der Waals surface area contributed by atoms with Crippen LogP contribution in [0.1, 0.15) is 53.5 Å². The van der Waals surface area contributed by atoms with Crippen LogP contribution in [0.2, 0.25) is 0 Å². The van der Waals surface area contributed by atoms with Gasteiger partial charge in [-0.2, -0.15) is 8.42 Å². The highest BCUT2D eigenvalue weighted by atomic mass is 32.2. The van der Waals surface area contributed by atoms with Gasteiger partial charge in [0.15, 0.2) is 0 Å². The van der Waals surface area contributed by atoms with E-state index in [1.165, 1.54) is 0 Å². The molecule has 0 aliphatic rings. The number of hydrogen-bond donors (Lipinski definition) is 2. The van der Waals surface area contributed by atoms with Crippen LogP contribution in [0.25, 0.3) is 0 Å². The summed E-state index contributed by atoms with van der Waals surface area (Å²) in [6, 6.07) is 7.64. The lowest BCUT2D eigenvalue weighted by atomic mass is 10.1. The van der Waals surface area contributed by atoms with Crippen molar-refractivity contribution >= 4 is 28.3 Å². The average molecular weight is 517 g/mol. The first-order valence-corrected chi connectivity index (χ1v) is 12.8. The average Bonchev–Trinajstić information content (AvgIpc) is 2.67. The second kappa shape index (κ2) is 12.7. The van der Waals surface area contributed by atoms with Crippen LogP contribution in [0.3, 0.4) is 0 Å². The fourth-order valence-corrected chi connectivity index (χ4v) is 3.32. The van der Waals surface area contributed by atoms with Crippen LogP contribution in [0.4, 0.5) is 9.59 Å². The van der Waals surface area contributed by atoms with Crippen LogP contribution >= 0.6 is 0 Å². The molecule has 0 fully saturated rings. The summed E-state index contributed by atoms with van der Waals surface area (Å²) in [7, 11) is -3.98. The number of carbonyl (C=O) groups excluding carboxylic acids is 3. The lowest BCUT2D eigenvalue weighted by molar-refractivity contribution is -0.158. The third kappa shape index (κ3) is 14.9. The number of amides is 2. The highest BCUT2D eigenvalue weighted by Crippen LogP contribution is 2.15. The molecule has 2 amide bonds. The highest BCUT2D eigenvalue weighted by molar-refractivity contribution is 7.86. The number of esters is 1. The van der Waals surface area contributed by atoms with E-state index < -0.39 is 51.6 Å². The molecular formula is C23H36N2O9S. The Kier molecular flexibility index (Phi) is 11.0. The maximum absolute atomic E-state index is 12.7. The van der Waals surface area contributed by atoms with E-state index in [0.717, 1.165) is 11.8 Å². The van der Waals surface area contributed by atoms with Gasteiger partial charge in [0.1, 0.15) is 23.9 Å². The largest absolute Gasteiger partial charge is 0.458 e. The van der Waals surface area contributed by atoms with Crippen LogP contribution in [-0.2, 0) is 39.9 Å². The summed E-state index contributed by atoms with van der Waals surface area (Å²) in [6.45, 7) is 9.56. The number of alkyl carbamates (subject to hydrolysis) is 2. The van der Waals surface area contributed by atoms with Gasteiger partial charge in [-0.3, -0.25) is 4.18 Å². The van der Waals surface area contributed by atoms with Gasteiger partial charge in [0.2, 0.25) is 0 Å². The molecular weight excluding hydrogens is 480 g/mol. The molecule has 0 aromatic heterocycles. The molecule has 0 aliphatic heterocycles. The van der Waals surface area contributed by atoms with Gasteiger partial charge in [0.25, 0.3) is 10.1 Å². The maximum Gasteiger partial charge on any atom is 0.408 e. The Bertz CT molecular complexity index is 951. The van der Waals surface area contributed by atoms with Gasteiger partial charge < -0.3 is 24.8 Å². The third-order valence-corrected chi connectivity index (χ3v) is 4.50. The van der Waals surface area contributed by atoms with Gasteiger partial charge in [0.05, 0.1) is 12.4 Å². The molecule has 1 aromatic carbocycles. The predicted molar refractivity (Wildman–Crippen MR) is 128 cm³/mol. The molecule has 2 atom stereocenters. The van der Waals surface area contributed by atoms with Crippen molar-refractivity contribution in [2.75, 3.05) is 12.8 Å². The van der Waals surface area contributed by atoms with Crippen molar-refractivity contribution in [1.29, 1.82) is 0 Å². The van der Waals surface area contributed by atoms with E-state index >= 15 is 0 Å². The van der Waals surface area contributed by atoms with Gasteiger partial charge in [-0.1, -0.05) is 30.3 Å². The van der Waals surface area contributed by atoms with Crippen LogP contribution < -0.4 is 10.6 Å². The van der Waals surface area contributed by atoms with Gasteiger partial charge >= 0.3 is 18.2 Å². The van der Waals surface area contributed by atoms with Crippen molar-refractivity contribution in [2.24, 2.45) is 0 Å². The van der Waals surface area contributed by atoms with Gasteiger partial charge in [-0.25, -0.2) is 14.4 Å². The first kappa shape index (κ1) is 30.2. The predicted octanol–water partition coefficient (Wildman–Crippen LogP) is 2.88. The summed E-state index contributed by atoms with van der Waals surface area (Å²) in [4.78, 5) is 37.2. The van der Waals surface area contributed by atoms with Crippen LogP contribution in [0.5, 0.6) is 0 Å². The van der Waals surface area contributed by atoms with Crippen molar-refractivity contribution in [3.63, 3.8) is 0 Å². The van der Waals surface area contributed by atoms with E-state index in [1.54, 1.807) is 65.8 Å². The van der Waals surface area contributed by atoms with Crippen molar-refractivity contribution in [1.82, 2.24) is 10.6 Å². The molecule has 2 N–H and O–H groups in total. The maximum atomic E-state index is 12.7. The molecule has 2 unspecified atom stereocenters. The number of carbonyl (C=O) groups is 3. The lowest BCUT2D eigenvalue weighted by Gasteiger charge is -2.28. The minimum atomic E-state index is -3.98. The smallest absolute Gasteiger partial charge is 0.408 e. The SMILES string of the molecule is CC(C)(C)OC(=O)NC(CC(CNC(=O)OCc1ccccc1)OS(C)(=O)=O)C(=O)OC(C)(C)C. The highest BCUT2D eigenvalue weighted by Gasteiger charge is 2.32. The van der Waals surface area contributed by atoms with E-state index in [9.17, 15) is 22.8 Å². The second-order valence-corrected chi connectivity index (χ2v) is 11.4. The molecule has 0 spiro atoms. The zero-order valence-electron chi connectivity index (χ0n) is 21.2. The molecule has 0 heterocycles. The lowest BCUT2D eigenvalue weighted by Crippen LogP contribution is -2.49. The van der Waals surface area contributed by atoms with Crippen LogP contribution in [-0.4, -0.2) is 62.7 Å². The summed E-state index contributed by atoms with van der Waals surface area (Å²) in [5.74, 6) is -0.822. The van der Waals surface area contributed by atoms with Crippen molar-refractivity contribution in [3.05, 3.63) is 35.9 Å². The van der Waals surface area contributed by atoms with E-state index in [1.807, 2.05) is 6.07 Å². The van der Waals surface area contributed by atoms with Crippen molar-refractivity contribution < 1.29 is 41.2 Å². The summed E-state index contributed by atoms with van der Waals surface area (Å²) < 4.78 is 44.3. The number of nitrogens with one attached hydrogen (secondary N) is 2. The first-order valence-electron chi connectivity index (χ1n) is 11.0. The van der Waals surface area contributed by atoms with E-state index in [0.29, 0.717) is 0 Å². The molecule has 0 bridgehead atoms. The molecule has 12 heteroatoms. The molecule has 0 saturated carbocycles. The third-order valence-electron chi connectivity index (χ3n) is 3.88. The minimum absolute atomic E-state index is 0.00497. The molecule has 35 heavy (non-hydrogen) atoms. The monoisotopic (exact) mass is 516 g/mol. The Labute approximate surface area is 207 Å².